The molecule has 1 N–H and O–H groups in total. The molecule has 0 aromatic carbocycles. The second kappa shape index (κ2) is 5.91. The fourth-order valence-corrected chi connectivity index (χ4v) is 1.99. The third-order valence-corrected chi connectivity index (χ3v) is 3.25. The second-order valence-corrected chi connectivity index (χ2v) is 5.00. The summed E-state index contributed by atoms with van der Waals surface area (Å²) in [6.45, 7) is 1.72. The molecule has 0 saturated carbocycles. The third-order valence-electron chi connectivity index (χ3n) is 3.25. The zero-order valence-corrected chi connectivity index (χ0v) is 12.5. The Bertz CT molecular complexity index is 879. The molecule has 0 bridgehead atoms. The topological polar surface area (TPSA) is 103 Å². The highest BCUT2D eigenvalue weighted by Crippen LogP contribution is 2.17. The number of amides is 1. The Hall–Kier alpha value is -3.16. The Morgan fingerprint density at radius 3 is 2.87 bits per heavy atom. The number of nitrogens with zero attached hydrogens (tertiary/aromatic N) is 3. The van der Waals surface area contributed by atoms with E-state index in [2.05, 4.69) is 15.5 Å². The number of hydrogen-bond donors (Lipinski definition) is 1. The fraction of sp³-hybridized carbons (Fsp3) is 0.200. The molecule has 3 aromatic rings. The molecule has 0 fully saturated rings. The van der Waals surface area contributed by atoms with Crippen LogP contribution in [0.4, 0.5) is 0 Å². The lowest BCUT2D eigenvalue weighted by atomic mass is 10.2. The number of carbonyl (C=O) groups is 1. The molecule has 3 heterocycles. The van der Waals surface area contributed by atoms with Crippen molar-refractivity contribution in [1.29, 1.82) is 0 Å². The summed E-state index contributed by atoms with van der Waals surface area (Å²) < 4.78 is 11.6. The first-order valence-electron chi connectivity index (χ1n) is 6.89. The maximum atomic E-state index is 11.9. The molecule has 23 heavy (non-hydrogen) atoms. The van der Waals surface area contributed by atoms with E-state index in [-0.39, 0.29) is 23.1 Å². The Balaban J connectivity index is 1.77. The Morgan fingerprint density at radius 2 is 2.17 bits per heavy atom. The van der Waals surface area contributed by atoms with Crippen LogP contribution in [0.2, 0.25) is 0 Å². The van der Waals surface area contributed by atoms with E-state index in [1.54, 1.807) is 38.4 Å². The molecule has 3 aromatic heterocycles. The number of aryl methyl sites for hydroxylation is 1. The number of aromatic nitrogens is 3. The Morgan fingerprint density at radius 1 is 1.35 bits per heavy atom. The van der Waals surface area contributed by atoms with E-state index >= 15 is 0 Å². The first kappa shape index (κ1) is 14.8. The van der Waals surface area contributed by atoms with Gasteiger partial charge in [0.15, 0.2) is 5.76 Å². The van der Waals surface area contributed by atoms with Gasteiger partial charge in [0.1, 0.15) is 6.04 Å². The van der Waals surface area contributed by atoms with E-state index in [9.17, 15) is 9.59 Å². The van der Waals surface area contributed by atoms with E-state index in [4.69, 9.17) is 8.94 Å². The molecule has 118 valence electrons. The molecule has 0 aliphatic heterocycles. The van der Waals surface area contributed by atoms with Gasteiger partial charge in [-0.3, -0.25) is 9.59 Å². The number of pyridine rings is 1. The van der Waals surface area contributed by atoms with Crippen LogP contribution >= 0.6 is 0 Å². The summed E-state index contributed by atoms with van der Waals surface area (Å²) in [6, 6.07) is 5.74. The largest absolute Gasteiger partial charge is 0.459 e. The van der Waals surface area contributed by atoms with Gasteiger partial charge >= 0.3 is 0 Å². The summed E-state index contributed by atoms with van der Waals surface area (Å²) in [6.07, 6.45) is 3.03. The van der Waals surface area contributed by atoms with Gasteiger partial charge < -0.3 is 18.8 Å². The maximum Gasteiger partial charge on any atom is 0.287 e. The van der Waals surface area contributed by atoms with Gasteiger partial charge in [0.25, 0.3) is 5.91 Å². The lowest BCUT2D eigenvalue weighted by Gasteiger charge is -2.07. The predicted molar refractivity (Wildman–Crippen MR) is 79.6 cm³/mol. The van der Waals surface area contributed by atoms with E-state index in [0.29, 0.717) is 11.4 Å². The van der Waals surface area contributed by atoms with E-state index in [0.717, 1.165) is 0 Å². The van der Waals surface area contributed by atoms with Gasteiger partial charge in [-0.1, -0.05) is 5.16 Å². The van der Waals surface area contributed by atoms with E-state index in [1.807, 2.05) is 0 Å². The minimum Gasteiger partial charge on any atom is -0.459 e. The zero-order valence-electron chi connectivity index (χ0n) is 12.5. The lowest BCUT2D eigenvalue weighted by Crippen LogP contribution is -2.26. The average Bonchev–Trinajstić information content (AvgIpc) is 3.21. The number of hydrogen-bond acceptors (Lipinski definition) is 6. The monoisotopic (exact) mass is 314 g/mol. The van der Waals surface area contributed by atoms with Gasteiger partial charge in [-0.2, -0.15) is 4.98 Å². The van der Waals surface area contributed by atoms with Crippen molar-refractivity contribution in [2.24, 2.45) is 7.05 Å². The quantitative estimate of drug-likeness (QED) is 0.783. The highest BCUT2D eigenvalue weighted by Gasteiger charge is 2.19. The summed E-state index contributed by atoms with van der Waals surface area (Å²) in [5, 5.41) is 6.57. The minimum atomic E-state index is -0.485. The van der Waals surface area contributed by atoms with Crippen molar-refractivity contribution in [2.75, 3.05) is 0 Å². The fourth-order valence-electron chi connectivity index (χ4n) is 1.99. The van der Waals surface area contributed by atoms with Crippen LogP contribution in [-0.4, -0.2) is 20.6 Å². The van der Waals surface area contributed by atoms with Crippen LogP contribution in [-0.2, 0) is 7.05 Å². The van der Waals surface area contributed by atoms with Gasteiger partial charge in [-0.25, -0.2) is 0 Å². The van der Waals surface area contributed by atoms with Gasteiger partial charge in [0.2, 0.25) is 17.3 Å². The summed E-state index contributed by atoms with van der Waals surface area (Å²) in [4.78, 5) is 27.6. The summed E-state index contributed by atoms with van der Waals surface area (Å²) in [7, 11) is 1.64. The molecule has 1 atom stereocenters. The van der Waals surface area contributed by atoms with Crippen molar-refractivity contribution in [3.05, 3.63) is 58.7 Å². The Labute approximate surface area is 130 Å². The van der Waals surface area contributed by atoms with Gasteiger partial charge in [-0.15, -0.1) is 0 Å². The highest BCUT2D eigenvalue weighted by atomic mass is 16.5. The van der Waals surface area contributed by atoms with Gasteiger partial charge in [0.05, 0.1) is 6.26 Å². The van der Waals surface area contributed by atoms with Gasteiger partial charge in [-0.05, 0) is 25.1 Å². The minimum absolute atomic E-state index is 0.128. The molecule has 0 saturated heterocycles. The molecule has 3 rings (SSSR count). The zero-order chi connectivity index (χ0) is 16.4. The molecule has 1 unspecified atom stereocenters. The van der Waals surface area contributed by atoms with Crippen LogP contribution in [0.1, 0.15) is 29.4 Å². The summed E-state index contributed by atoms with van der Waals surface area (Å²) >= 11 is 0. The van der Waals surface area contributed by atoms with Crippen LogP contribution in [0.5, 0.6) is 0 Å². The van der Waals surface area contributed by atoms with Gasteiger partial charge in [0, 0.05) is 24.9 Å². The molecule has 0 aliphatic rings. The average molecular weight is 314 g/mol. The lowest BCUT2D eigenvalue weighted by molar-refractivity contribution is 0.0904. The van der Waals surface area contributed by atoms with Crippen LogP contribution in [0.15, 0.2) is 50.5 Å². The molecular formula is C15H14N4O4. The molecule has 8 nitrogen and oxygen atoms in total. The summed E-state index contributed by atoms with van der Waals surface area (Å²) in [5.41, 5.74) is 0.517. The number of nitrogens with one attached hydrogen (secondary N) is 1. The first-order chi connectivity index (χ1) is 11.0. The van der Waals surface area contributed by atoms with E-state index in [1.165, 1.54) is 16.9 Å². The predicted octanol–water partition coefficient (Wildman–Crippen LogP) is 1.52. The molecule has 8 heteroatoms. The normalized spacial score (nSPS) is 12.1. The smallest absolute Gasteiger partial charge is 0.287 e. The SMILES string of the molecule is CC(NC(=O)c1ccco1)c1nc(-c2ccc(=O)n(C)c2)no1. The van der Waals surface area contributed by atoms with E-state index < -0.39 is 6.04 Å². The number of carbonyl (C=O) groups excluding carboxylic acids is 1. The van der Waals surface area contributed by atoms with Crippen LogP contribution in [0.3, 0.4) is 0 Å². The van der Waals surface area contributed by atoms with Crippen LogP contribution in [0, 0.1) is 0 Å². The van der Waals surface area contributed by atoms with Crippen molar-refractivity contribution in [3.8, 4) is 11.4 Å². The molecule has 0 spiro atoms. The van der Waals surface area contributed by atoms with Crippen molar-refractivity contribution in [2.45, 2.75) is 13.0 Å². The highest BCUT2D eigenvalue weighted by molar-refractivity contribution is 5.91. The molecule has 0 radical (unpaired) electrons. The van der Waals surface area contributed by atoms with Crippen molar-refractivity contribution in [3.63, 3.8) is 0 Å². The number of furan rings is 1. The molecule has 0 aliphatic carbocycles. The van der Waals surface area contributed by atoms with Crippen LogP contribution < -0.4 is 10.9 Å². The first-order valence-corrected chi connectivity index (χ1v) is 6.89. The third kappa shape index (κ3) is 3.05. The van der Waals surface area contributed by atoms with Crippen molar-refractivity contribution in [1.82, 2.24) is 20.0 Å². The second-order valence-electron chi connectivity index (χ2n) is 5.00. The maximum absolute atomic E-state index is 11.9. The molecule has 1 amide bonds. The summed E-state index contributed by atoms with van der Waals surface area (Å²) in [5.74, 6) is 0.433. The molecular weight excluding hydrogens is 300 g/mol. The standard InChI is InChI=1S/C15H14N4O4/c1-9(16-14(21)11-4-3-7-22-11)15-17-13(18-23-15)10-5-6-12(20)19(2)8-10/h3-9H,1-2H3,(H,16,21). The van der Waals surface area contributed by atoms with Crippen LogP contribution in [0.25, 0.3) is 11.4 Å². The Kier molecular flexibility index (Phi) is 3.80. The van der Waals surface area contributed by atoms with Crippen molar-refractivity contribution >= 4 is 5.91 Å². The number of rotatable bonds is 4. The van der Waals surface area contributed by atoms with Crippen molar-refractivity contribution < 1.29 is 13.7 Å².